The van der Waals surface area contributed by atoms with E-state index in [4.69, 9.17) is 4.74 Å². The predicted octanol–water partition coefficient (Wildman–Crippen LogP) is 2.74. The summed E-state index contributed by atoms with van der Waals surface area (Å²) in [5.41, 5.74) is 0.427. The van der Waals surface area contributed by atoms with Crippen molar-refractivity contribution in [2.75, 3.05) is 33.3 Å². The highest BCUT2D eigenvalue weighted by atomic mass is 32.2. The lowest BCUT2D eigenvalue weighted by Crippen LogP contribution is -2.50. The summed E-state index contributed by atoms with van der Waals surface area (Å²) in [5, 5.41) is 0. The molecule has 2 aromatic rings. The van der Waals surface area contributed by atoms with E-state index in [-0.39, 0.29) is 32.1 Å². The van der Waals surface area contributed by atoms with Crippen LogP contribution in [0.15, 0.2) is 53.4 Å². The molecule has 11 heteroatoms. The molecule has 0 N–H and O–H groups in total. The maximum atomic E-state index is 12.9. The normalized spacial score (nSPS) is 15.7. The van der Waals surface area contributed by atoms with Crippen LogP contribution in [0.3, 0.4) is 0 Å². The molecule has 1 heterocycles. The number of hydrogen-bond acceptors (Lipinski definition) is 5. The van der Waals surface area contributed by atoms with Crippen LogP contribution in [-0.2, 0) is 10.0 Å². The van der Waals surface area contributed by atoms with Gasteiger partial charge in [0.15, 0.2) is 0 Å². The molecular formula is C19H19F3N2O5S. The minimum atomic E-state index is -5.02. The van der Waals surface area contributed by atoms with E-state index in [2.05, 4.69) is 4.74 Å². The van der Waals surface area contributed by atoms with Gasteiger partial charge in [0.1, 0.15) is 16.4 Å². The molecule has 1 aliphatic heterocycles. The molecule has 1 fully saturated rings. The monoisotopic (exact) mass is 444 g/mol. The lowest BCUT2D eigenvalue weighted by Gasteiger charge is -2.34. The number of sulfonamides is 1. The van der Waals surface area contributed by atoms with E-state index >= 15 is 0 Å². The molecule has 1 saturated heterocycles. The maximum Gasteiger partial charge on any atom is 0.573 e. The van der Waals surface area contributed by atoms with Crippen LogP contribution in [0, 0.1) is 0 Å². The number of piperazine rings is 1. The molecule has 0 atom stereocenters. The molecule has 1 aliphatic rings. The zero-order valence-corrected chi connectivity index (χ0v) is 16.7. The summed E-state index contributed by atoms with van der Waals surface area (Å²) in [6.45, 7) is 0.105. The Morgan fingerprint density at radius 1 is 0.967 bits per heavy atom. The number of carbonyl (C=O) groups excluding carboxylic acids is 1. The van der Waals surface area contributed by atoms with Crippen LogP contribution in [-0.4, -0.2) is 63.2 Å². The van der Waals surface area contributed by atoms with E-state index in [9.17, 15) is 26.4 Å². The minimum Gasteiger partial charge on any atom is -0.497 e. The summed E-state index contributed by atoms with van der Waals surface area (Å²) in [5.74, 6) is -0.459. The zero-order valence-electron chi connectivity index (χ0n) is 15.9. The van der Waals surface area contributed by atoms with E-state index in [1.807, 2.05) is 0 Å². The second-order valence-corrected chi connectivity index (χ2v) is 8.33. The number of halogens is 3. The third-order valence-corrected chi connectivity index (χ3v) is 6.49. The van der Waals surface area contributed by atoms with Gasteiger partial charge in [-0.05, 0) is 36.4 Å². The molecule has 0 aliphatic carbocycles. The Bertz CT molecular complexity index is 1000. The Hall–Kier alpha value is -2.79. The first-order chi connectivity index (χ1) is 14.1. The Kier molecular flexibility index (Phi) is 6.22. The molecule has 0 spiro atoms. The van der Waals surface area contributed by atoms with Gasteiger partial charge in [0, 0.05) is 31.7 Å². The molecule has 0 saturated carbocycles. The lowest BCUT2D eigenvalue weighted by atomic mass is 10.2. The van der Waals surface area contributed by atoms with Crippen molar-refractivity contribution in [2.45, 2.75) is 11.3 Å². The van der Waals surface area contributed by atoms with Gasteiger partial charge in [0.25, 0.3) is 5.91 Å². The Morgan fingerprint density at radius 3 is 2.13 bits per heavy atom. The third-order valence-electron chi connectivity index (χ3n) is 4.56. The fraction of sp³-hybridized carbons (Fsp3) is 0.316. The van der Waals surface area contributed by atoms with E-state index in [0.717, 1.165) is 16.4 Å². The molecule has 30 heavy (non-hydrogen) atoms. The van der Waals surface area contributed by atoms with E-state index in [1.54, 1.807) is 24.3 Å². The van der Waals surface area contributed by atoms with Crippen molar-refractivity contribution >= 4 is 15.9 Å². The van der Waals surface area contributed by atoms with Crippen molar-refractivity contribution in [1.82, 2.24) is 9.21 Å². The number of carbonyl (C=O) groups is 1. The van der Waals surface area contributed by atoms with Crippen LogP contribution in [0.5, 0.6) is 11.5 Å². The van der Waals surface area contributed by atoms with E-state index < -0.39 is 27.0 Å². The van der Waals surface area contributed by atoms with Gasteiger partial charge in [0.2, 0.25) is 10.0 Å². The second-order valence-electron chi connectivity index (χ2n) is 6.42. The highest BCUT2D eigenvalue weighted by molar-refractivity contribution is 7.89. The maximum absolute atomic E-state index is 12.9. The highest BCUT2D eigenvalue weighted by Crippen LogP contribution is 2.31. The number of ether oxygens (including phenoxy) is 2. The summed E-state index contributed by atoms with van der Waals surface area (Å²) >= 11 is 0. The van der Waals surface area contributed by atoms with Crippen molar-refractivity contribution in [3.05, 3.63) is 54.1 Å². The van der Waals surface area contributed by atoms with Crippen molar-refractivity contribution in [3.8, 4) is 11.5 Å². The predicted molar refractivity (Wildman–Crippen MR) is 101 cm³/mol. The summed E-state index contributed by atoms with van der Waals surface area (Å²) in [6, 6.07) is 11.1. The largest absolute Gasteiger partial charge is 0.573 e. The quantitative estimate of drug-likeness (QED) is 0.709. The molecule has 1 amide bonds. The Balaban J connectivity index is 1.72. The first-order valence-electron chi connectivity index (χ1n) is 8.90. The van der Waals surface area contributed by atoms with Gasteiger partial charge >= 0.3 is 6.36 Å². The molecular weight excluding hydrogens is 425 g/mol. The van der Waals surface area contributed by atoms with Crippen molar-refractivity contribution < 1.29 is 35.9 Å². The number of nitrogens with zero attached hydrogens (tertiary/aromatic N) is 2. The molecule has 0 unspecified atom stereocenters. The lowest BCUT2D eigenvalue weighted by molar-refractivity contribution is -0.275. The first kappa shape index (κ1) is 21.9. The van der Waals surface area contributed by atoms with Gasteiger partial charge in [-0.1, -0.05) is 12.1 Å². The Morgan fingerprint density at radius 2 is 1.57 bits per heavy atom. The zero-order chi connectivity index (χ0) is 21.9. The summed E-state index contributed by atoms with van der Waals surface area (Å²) in [7, 11) is -2.73. The Labute approximate surface area is 171 Å². The molecule has 7 nitrogen and oxygen atoms in total. The second kappa shape index (κ2) is 8.52. The van der Waals surface area contributed by atoms with Crippen LogP contribution in [0.2, 0.25) is 0 Å². The molecule has 3 rings (SSSR count). The van der Waals surface area contributed by atoms with Gasteiger partial charge in [-0.25, -0.2) is 8.42 Å². The number of alkyl halides is 3. The number of para-hydroxylation sites is 1. The van der Waals surface area contributed by atoms with Crippen LogP contribution in [0.25, 0.3) is 0 Å². The van der Waals surface area contributed by atoms with Crippen molar-refractivity contribution in [2.24, 2.45) is 0 Å². The van der Waals surface area contributed by atoms with Gasteiger partial charge < -0.3 is 14.4 Å². The van der Waals surface area contributed by atoms with Gasteiger partial charge in [-0.15, -0.1) is 13.2 Å². The molecule has 0 radical (unpaired) electrons. The van der Waals surface area contributed by atoms with Gasteiger partial charge in [-0.2, -0.15) is 4.31 Å². The minimum absolute atomic E-state index is 0.0510. The fourth-order valence-corrected chi connectivity index (χ4v) is 4.60. The number of hydrogen-bond donors (Lipinski definition) is 0. The van der Waals surface area contributed by atoms with Crippen molar-refractivity contribution in [3.63, 3.8) is 0 Å². The number of methoxy groups -OCH3 is 1. The summed E-state index contributed by atoms with van der Waals surface area (Å²) < 4.78 is 73.6. The fourth-order valence-electron chi connectivity index (χ4n) is 3.06. The third kappa shape index (κ3) is 4.85. The van der Waals surface area contributed by atoms with E-state index in [0.29, 0.717) is 11.3 Å². The van der Waals surface area contributed by atoms with Crippen molar-refractivity contribution in [1.29, 1.82) is 0 Å². The molecule has 162 valence electrons. The van der Waals surface area contributed by atoms with Gasteiger partial charge in [-0.3, -0.25) is 4.79 Å². The van der Waals surface area contributed by atoms with Crippen LogP contribution in [0.4, 0.5) is 13.2 Å². The molecule has 0 aromatic heterocycles. The average Bonchev–Trinajstić information content (AvgIpc) is 2.72. The first-order valence-corrected chi connectivity index (χ1v) is 10.3. The summed E-state index contributed by atoms with van der Waals surface area (Å²) in [4.78, 5) is 13.5. The smallest absolute Gasteiger partial charge is 0.497 e. The van der Waals surface area contributed by atoms with Crippen LogP contribution < -0.4 is 9.47 Å². The molecule has 0 bridgehead atoms. The van der Waals surface area contributed by atoms with E-state index in [1.165, 1.54) is 24.1 Å². The number of benzene rings is 2. The molecule has 2 aromatic carbocycles. The standard InChI is InChI=1S/C19H19F3N2O5S/c1-28-15-8-6-14(7-9-15)18(25)23-10-12-24(13-11-23)30(26,27)17-5-3-2-4-16(17)29-19(20,21)22/h2-9H,10-13H2,1H3. The summed E-state index contributed by atoms with van der Waals surface area (Å²) in [6.07, 6.45) is -5.02. The SMILES string of the molecule is COc1ccc(C(=O)N2CCN(S(=O)(=O)c3ccccc3OC(F)(F)F)CC2)cc1. The van der Waals surface area contributed by atoms with Crippen LogP contribution >= 0.6 is 0 Å². The van der Waals surface area contributed by atoms with Crippen LogP contribution in [0.1, 0.15) is 10.4 Å². The topological polar surface area (TPSA) is 76.2 Å². The number of amides is 1. The van der Waals surface area contributed by atoms with Gasteiger partial charge in [0.05, 0.1) is 7.11 Å². The number of rotatable bonds is 5. The average molecular weight is 444 g/mol. The highest BCUT2D eigenvalue weighted by Gasteiger charge is 2.36.